The van der Waals surface area contributed by atoms with Crippen molar-refractivity contribution in [3.63, 3.8) is 0 Å². The fourth-order valence-electron chi connectivity index (χ4n) is 2.97. The van der Waals surface area contributed by atoms with Crippen molar-refractivity contribution in [3.8, 4) is 0 Å². The number of hydrogen-bond acceptors (Lipinski definition) is 4. The van der Waals surface area contributed by atoms with Gasteiger partial charge in [0.05, 0.1) is 0 Å². The third kappa shape index (κ3) is 3.73. The van der Waals surface area contributed by atoms with Crippen molar-refractivity contribution in [3.05, 3.63) is 23.9 Å². The zero-order chi connectivity index (χ0) is 14.7. The Balaban J connectivity index is 1.53. The Morgan fingerprint density at radius 2 is 2.10 bits per heavy atom. The van der Waals surface area contributed by atoms with E-state index in [0.717, 1.165) is 18.1 Å². The van der Waals surface area contributed by atoms with Gasteiger partial charge in [0, 0.05) is 19.3 Å². The van der Waals surface area contributed by atoms with Gasteiger partial charge in [0.25, 0.3) is 0 Å². The average molecular weight is 287 g/mol. The van der Waals surface area contributed by atoms with Gasteiger partial charge in [0.15, 0.2) is 5.65 Å². The molecule has 1 aliphatic rings. The lowest BCUT2D eigenvalue weighted by atomic mass is 10.1. The maximum absolute atomic E-state index is 4.52. The van der Waals surface area contributed by atoms with E-state index in [4.69, 9.17) is 0 Å². The molecule has 0 spiro atoms. The van der Waals surface area contributed by atoms with Crippen LogP contribution in [0.3, 0.4) is 0 Å². The molecule has 1 atom stereocenters. The molecule has 0 saturated carbocycles. The smallest absolute Gasteiger partial charge is 0.243 e. The summed E-state index contributed by atoms with van der Waals surface area (Å²) in [5.74, 6) is 1.34. The van der Waals surface area contributed by atoms with E-state index in [1.807, 2.05) is 16.8 Å². The lowest BCUT2D eigenvalue weighted by Crippen LogP contribution is -2.35. The summed E-state index contributed by atoms with van der Waals surface area (Å²) >= 11 is 0. The summed E-state index contributed by atoms with van der Waals surface area (Å²) in [6.45, 7) is 8.97. The van der Waals surface area contributed by atoms with E-state index in [-0.39, 0.29) is 0 Å². The second-order valence-electron chi connectivity index (χ2n) is 6.29. The first-order valence-corrected chi connectivity index (χ1v) is 8.00. The Bertz CT molecular complexity index is 585. The molecule has 114 valence electrons. The maximum atomic E-state index is 4.52. The molecule has 2 aromatic rings. The van der Waals surface area contributed by atoms with Crippen LogP contribution in [-0.4, -0.2) is 45.7 Å². The van der Waals surface area contributed by atoms with E-state index in [0.29, 0.717) is 5.92 Å². The normalized spacial score (nSPS) is 18.0. The van der Waals surface area contributed by atoms with E-state index in [2.05, 4.69) is 40.2 Å². The zero-order valence-electron chi connectivity index (χ0n) is 13.0. The summed E-state index contributed by atoms with van der Waals surface area (Å²) < 4.78 is 1.82. The van der Waals surface area contributed by atoms with Crippen LogP contribution in [-0.2, 0) is 0 Å². The Labute approximate surface area is 126 Å². The van der Waals surface area contributed by atoms with Gasteiger partial charge in [0.1, 0.15) is 0 Å². The number of nitrogens with one attached hydrogen (secondary N) is 1. The quantitative estimate of drug-likeness (QED) is 0.918. The van der Waals surface area contributed by atoms with Crippen molar-refractivity contribution in [2.24, 2.45) is 5.92 Å². The fourth-order valence-corrected chi connectivity index (χ4v) is 2.97. The largest absolute Gasteiger partial charge is 0.353 e. The van der Waals surface area contributed by atoms with Crippen LogP contribution in [0, 0.1) is 12.8 Å². The van der Waals surface area contributed by atoms with Gasteiger partial charge in [-0.1, -0.05) is 13.3 Å². The van der Waals surface area contributed by atoms with Crippen LogP contribution in [0.5, 0.6) is 0 Å². The van der Waals surface area contributed by atoms with Crippen LogP contribution >= 0.6 is 0 Å². The highest BCUT2D eigenvalue weighted by atomic mass is 15.3. The number of anilines is 1. The highest BCUT2D eigenvalue weighted by molar-refractivity contribution is 5.45. The van der Waals surface area contributed by atoms with Crippen LogP contribution in [0.25, 0.3) is 5.65 Å². The first-order chi connectivity index (χ1) is 10.2. The number of piperidine rings is 1. The number of nitrogens with zero attached hydrogens (tertiary/aromatic N) is 4. The molecule has 3 rings (SSSR count). The van der Waals surface area contributed by atoms with Crippen molar-refractivity contribution in [2.75, 3.05) is 31.5 Å². The molecule has 1 saturated heterocycles. The molecule has 0 radical (unpaired) electrons. The molecule has 1 N–H and O–H groups in total. The van der Waals surface area contributed by atoms with Crippen LogP contribution in [0.1, 0.15) is 31.7 Å². The van der Waals surface area contributed by atoms with Crippen molar-refractivity contribution in [1.82, 2.24) is 19.5 Å². The first-order valence-electron chi connectivity index (χ1n) is 8.00. The third-order valence-corrected chi connectivity index (χ3v) is 4.12. The summed E-state index contributed by atoms with van der Waals surface area (Å²) in [4.78, 5) is 7.10. The molecular formula is C16H25N5. The van der Waals surface area contributed by atoms with Gasteiger partial charge >= 0.3 is 0 Å². The minimum absolute atomic E-state index is 0.608. The van der Waals surface area contributed by atoms with Gasteiger partial charge in [-0.3, -0.25) is 0 Å². The van der Waals surface area contributed by atoms with Crippen molar-refractivity contribution in [2.45, 2.75) is 33.1 Å². The molecule has 0 aliphatic carbocycles. The van der Waals surface area contributed by atoms with Crippen LogP contribution in [0.2, 0.25) is 0 Å². The van der Waals surface area contributed by atoms with Gasteiger partial charge in [-0.25, -0.2) is 4.52 Å². The monoisotopic (exact) mass is 287 g/mol. The number of aromatic nitrogens is 3. The van der Waals surface area contributed by atoms with E-state index in [1.165, 1.54) is 44.5 Å². The molecule has 2 aromatic heterocycles. The number of aryl methyl sites for hydroxylation is 1. The van der Waals surface area contributed by atoms with Crippen molar-refractivity contribution in [1.29, 1.82) is 0 Å². The van der Waals surface area contributed by atoms with Crippen LogP contribution < -0.4 is 5.32 Å². The topological polar surface area (TPSA) is 45.5 Å². The number of rotatable bonds is 5. The van der Waals surface area contributed by atoms with E-state index >= 15 is 0 Å². The number of fused-ring (bicyclic) bond motifs is 1. The summed E-state index contributed by atoms with van der Waals surface area (Å²) in [6.07, 6.45) is 6.06. The van der Waals surface area contributed by atoms with E-state index < -0.39 is 0 Å². The molecule has 0 bridgehead atoms. The number of hydrogen-bond donors (Lipinski definition) is 1. The minimum atomic E-state index is 0.608. The predicted octanol–water partition coefficient (Wildman–Crippen LogP) is 2.57. The highest BCUT2D eigenvalue weighted by Gasteiger charge is 2.13. The van der Waals surface area contributed by atoms with Crippen molar-refractivity contribution < 1.29 is 0 Å². The molecular weight excluding hydrogens is 262 g/mol. The maximum Gasteiger partial charge on any atom is 0.243 e. The highest BCUT2D eigenvalue weighted by Crippen LogP contribution is 2.12. The first kappa shape index (κ1) is 14.3. The van der Waals surface area contributed by atoms with E-state index in [1.54, 1.807) is 0 Å². The SMILES string of the molecule is Cc1ccn2nc(NCC(C)CN3CCCCC3)nc2c1. The van der Waals surface area contributed by atoms with Gasteiger partial charge in [-0.05, 0) is 56.5 Å². The van der Waals surface area contributed by atoms with Gasteiger partial charge in [0.2, 0.25) is 5.95 Å². The Hall–Kier alpha value is -1.62. The fraction of sp³-hybridized carbons (Fsp3) is 0.625. The lowest BCUT2D eigenvalue weighted by Gasteiger charge is -2.29. The molecule has 1 fully saturated rings. The minimum Gasteiger partial charge on any atom is -0.353 e. The van der Waals surface area contributed by atoms with Crippen LogP contribution in [0.4, 0.5) is 5.95 Å². The molecule has 21 heavy (non-hydrogen) atoms. The number of pyridine rings is 1. The van der Waals surface area contributed by atoms with Crippen molar-refractivity contribution >= 4 is 11.6 Å². The second kappa shape index (κ2) is 6.43. The molecule has 1 unspecified atom stereocenters. The summed E-state index contributed by atoms with van der Waals surface area (Å²) in [7, 11) is 0. The zero-order valence-corrected chi connectivity index (χ0v) is 13.0. The molecule has 3 heterocycles. The van der Waals surface area contributed by atoms with E-state index in [9.17, 15) is 0 Å². The molecule has 1 aliphatic heterocycles. The second-order valence-corrected chi connectivity index (χ2v) is 6.29. The Morgan fingerprint density at radius 3 is 2.90 bits per heavy atom. The van der Waals surface area contributed by atoms with Gasteiger partial charge in [-0.15, -0.1) is 5.10 Å². The molecule has 5 nitrogen and oxygen atoms in total. The Morgan fingerprint density at radius 1 is 1.29 bits per heavy atom. The molecule has 5 heteroatoms. The summed E-state index contributed by atoms with van der Waals surface area (Å²) in [6, 6.07) is 4.10. The number of likely N-dealkylation sites (tertiary alicyclic amines) is 1. The standard InChI is InChI=1S/C16H25N5/c1-13-6-9-21-15(10-13)18-16(19-21)17-11-14(2)12-20-7-4-3-5-8-20/h6,9-10,14H,3-5,7-8,11-12H2,1-2H3,(H,17,19). The van der Waals surface area contributed by atoms with Gasteiger partial charge < -0.3 is 10.2 Å². The predicted molar refractivity (Wildman–Crippen MR) is 85.7 cm³/mol. The van der Waals surface area contributed by atoms with Gasteiger partial charge in [-0.2, -0.15) is 4.98 Å². The third-order valence-electron chi connectivity index (χ3n) is 4.12. The Kier molecular flexibility index (Phi) is 4.39. The average Bonchev–Trinajstić information content (AvgIpc) is 2.88. The van der Waals surface area contributed by atoms with Crippen LogP contribution in [0.15, 0.2) is 18.3 Å². The molecule has 0 aromatic carbocycles. The summed E-state index contributed by atoms with van der Waals surface area (Å²) in [5, 5.41) is 7.83. The molecule has 0 amide bonds. The summed E-state index contributed by atoms with van der Waals surface area (Å²) in [5.41, 5.74) is 2.11. The lowest BCUT2D eigenvalue weighted by molar-refractivity contribution is 0.204.